The van der Waals surface area contributed by atoms with Crippen molar-refractivity contribution in [3.63, 3.8) is 0 Å². The number of fused-ring (bicyclic) bond motifs is 2. The van der Waals surface area contributed by atoms with E-state index in [1.807, 2.05) is 22.7 Å². The van der Waals surface area contributed by atoms with Crippen LogP contribution >= 0.6 is 0 Å². The number of ketones is 2. The number of piperidine rings is 2. The van der Waals surface area contributed by atoms with E-state index in [4.69, 9.17) is 28.4 Å². The van der Waals surface area contributed by atoms with Crippen molar-refractivity contribution in [1.29, 1.82) is 0 Å². The summed E-state index contributed by atoms with van der Waals surface area (Å²) in [5.74, 6) is 1.21. The molecule has 4 aromatic heterocycles. The molecule has 0 radical (unpaired) electrons. The molecule has 16 nitrogen and oxygen atoms in total. The van der Waals surface area contributed by atoms with E-state index in [2.05, 4.69) is 15.3 Å². The van der Waals surface area contributed by atoms with Crippen molar-refractivity contribution in [3.05, 3.63) is 84.4 Å². The van der Waals surface area contributed by atoms with Gasteiger partial charge in [0, 0.05) is 61.1 Å². The molecule has 21 heteroatoms. The van der Waals surface area contributed by atoms with E-state index in [-0.39, 0.29) is 70.7 Å². The Morgan fingerprint density at radius 1 is 0.662 bits per heavy atom. The van der Waals surface area contributed by atoms with Gasteiger partial charge in [-0.25, -0.2) is 18.4 Å². The van der Waals surface area contributed by atoms with E-state index in [1.54, 1.807) is 47.3 Å². The molecule has 1 N–H and O–H groups in total. The summed E-state index contributed by atoms with van der Waals surface area (Å²) >= 11 is 0. The first-order valence-electron chi connectivity index (χ1n) is 25.0. The number of pyridine rings is 2. The molecule has 10 rings (SSSR count). The van der Waals surface area contributed by atoms with Gasteiger partial charge in [0.25, 0.3) is 0 Å². The van der Waals surface area contributed by atoms with E-state index in [9.17, 15) is 35.6 Å². The Balaban J connectivity index is 0.000000183. The van der Waals surface area contributed by atoms with E-state index in [1.165, 1.54) is 49.8 Å². The molecular formula is C53H60F4N6O10S. The number of carbonyl (C=O) groups excluding carboxylic acids is 2. The largest absolute Gasteiger partial charge is 0.496 e. The Morgan fingerprint density at radius 2 is 1.15 bits per heavy atom. The number of nitrogens with one attached hydrogen (secondary N) is 1. The Bertz CT molecular complexity index is 3080. The average Bonchev–Trinajstić information content (AvgIpc) is 4.30. The first kappa shape index (κ1) is 52.4. The van der Waals surface area contributed by atoms with Gasteiger partial charge in [0.2, 0.25) is 10.0 Å². The van der Waals surface area contributed by atoms with Crippen LogP contribution in [0.25, 0.3) is 33.8 Å². The molecule has 0 bridgehead atoms. The smallest absolute Gasteiger partial charge is 0.387 e. The van der Waals surface area contributed by atoms with Gasteiger partial charge in [0.05, 0.1) is 50.3 Å². The summed E-state index contributed by atoms with van der Waals surface area (Å²) in [6.45, 7) is -3.86. The molecule has 2 saturated carbocycles. The van der Waals surface area contributed by atoms with E-state index in [0.717, 1.165) is 57.9 Å². The molecule has 2 saturated heterocycles. The zero-order valence-electron chi connectivity index (χ0n) is 41.4. The van der Waals surface area contributed by atoms with Crippen LogP contribution in [0.3, 0.4) is 0 Å². The number of benzene rings is 2. The minimum absolute atomic E-state index is 0.0174. The van der Waals surface area contributed by atoms with Gasteiger partial charge in [0.1, 0.15) is 70.1 Å². The topological polar surface area (TPSA) is 174 Å². The van der Waals surface area contributed by atoms with Crippen LogP contribution in [-0.4, -0.2) is 115 Å². The van der Waals surface area contributed by atoms with Gasteiger partial charge in [0.15, 0.2) is 11.6 Å². The number of sulfonamides is 1. The zero-order valence-corrected chi connectivity index (χ0v) is 42.3. The maximum Gasteiger partial charge on any atom is 0.387 e. The van der Waals surface area contributed by atoms with Crippen molar-refractivity contribution in [3.8, 4) is 57.0 Å². The minimum Gasteiger partial charge on any atom is -0.496 e. The third kappa shape index (κ3) is 12.7. The van der Waals surface area contributed by atoms with Gasteiger partial charge in [-0.05, 0) is 106 Å². The molecule has 6 aromatic rings. The van der Waals surface area contributed by atoms with Gasteiger partial charge in [-0.1, -0.05) is 12.8 Å². The van der Waals surface area contributed by atoms with Gasteiger partial charge in [-0.3, -0.25) is 18.4 Å². The summed E-state index contributed by atoms with van der Waals surface area (Å²) in [7, 11) is -0.523. The lowest BCUT2D eigenvalue weighted by Gasteiger charge is -2.33. The lowest BCUT2D eigenvalue weighted by molar-refractivity contribution is -0.0509. The summed E-state index contributed by atoms with van der Waals surface area (Å²) in [5.41, 5.74) is 3.53. The van der Waals surface area contributed by atoms with Crippen molar-refractivity contribution < 1.29 is 64.0 Å². The monoisotopic (exact) mass is 1050 g/mol. The Morgan fingerprint density at radius 3 is 1.59 bits per heavy atom. The van der Waals surface area contributed by atoms with E-state index in [0.29, 0.717) is 76.8 Å². The molecule has 0 amide bonds. The average molecular weight is 1050 g/mol. The van der Waals surface area contributed by atoms with Crippen LogP contribution in [0.1, 0.15) is 97.8 Å². The van der Waals surface area contributed by atoms with Crippen molar-refractivity contribution >= 4 is 32.9 Å². The van der Waals surface area contributed by atoms with Gasteiger partial charge >= 0.3 is 13.2 Å². The van der Waals surface area contributed by atoms with Crippen LogP contribution in [0.4, 0.5) is 17.6 Å². The van der Waals surface area contributed by atoms with Crippen LogP contribution in [-0.2, 0) is 10.0 Å². The molecule has 2 atom stereocenters. The number of imidazole rings is 2. The third-order valence-corrected chi connectivity index (χ3v) is 15.1. The second-order valence-electron chi connectivity index (χ2n) is 19.3. The second-order valence-corrected chi connectivity index (χ2v) is 21.2. The normalized spacial score (nSPS) is 18.3. The molecule has 6 heterocycles. The summed E-state index contributed by atoms with van der Waals surface area (Å²) in [4.78, 5) is 34.7. The number of ether oxygens (including phenoxy) is 6. The Hall–Kier alpha value is -6.45. The number of alkyl halides is 4. The van der Waals surface area contributed by atoms with Crippen molar-refractivity contribution in [2.75, 3.05) is 46.8 Å². The maximum atomic E-state index is 13.3. The Kier molecular flexibility index (Phi) is 16.3. The van der Waals surface area contributed by atoms with Crippen LogP contribution < -0.4 is 33.7 Å². The predicted molar refractivity (Wildman–Crippen MR) is 267 cm³/mol. The van der Waals surface area contributed by atoms with E-state index < -0.39 is 23.2 Å². The molecule has 0 spiro atoms. The summed E-state index contributed by atoms with van der Waals surface area (Å²) in [5, 5.41) is 3.46. The quantitative estimate of drug-likeness (QED) is 0.0534. The number of Topliss-reactive ketones (excluding diaryl/α,β-unsaturated/α-hetero) is 2. The van der Waals surface area contributed by atoms with Crippen LogP contribution in [0, 0.1) is 11.8 Å². The fourth-order valence-corrected chi connectivity index (χ4v) is 10.8. The van der Waals surface area contributed by atoms with Gasteiger partial charge in [-0.15, -0.1) is 0 Å². The number of aromatic nitrogens is 4. The highest BCUT2D eigenvalue weighted by Crippen LogP contribution is 2.42. The van der Waals surface area contributed by atoms with Crippen LogP contribution in [0.2, 0.25) is 0 Å². The molecular weight excluding hydrogens is 989 g/mol. The maximum absolute atomic E-state index is 13.3. The number of halogens is 4. The molecule has 4 aliphatic rings. The number of hydrogen-bond donors (Lipinski definition) is 1. The highest BCUT2D eigenvalue weighted by atomic mass is 32.2. The molecule has 396 valence electrons. The first-order valence-corrected chi connectivity index (χ1v) is 26.8. The molecule has 2 unspecified atom stereocenters. The molecule has 2 aliphatic carbocycles. The third-order valence-electron chi connectivity index (χ3n) is 13.8. The fraction of sp³-hybridized carbons (Fsp3) is 0.472. The highest BCUT2D eigenvalue weighted by molar-refractivity contribution is 7.88. The predicted octanol–water partition coefficient (Wildman–Crippen LogP) is 9.90. The number of carbonyl (C=O) groups is 2. The SMILES string of the molecule is COc1cc(-c2cnc3cc(OCC4CCCCN4)ccn23)cc(OC(F)F)c1C(=O)CC1CC1.COc1cc(-c2cnc3cc(OCC4CCCCN4S(C)(=O)=O)ccn23)cc(OC(F)F)c1C(=O)CC1CC1. The summed E-state index contributed by atoms with van der Waals surface area (Å²) < 4.78 is 115. The van der Waals surface area contributed by atoms with Crippen molar-refractivity contribution in [2.24, 2.45) is 11.8 Å². The number of methoxy groups -OCH3 is 2. The van der Waals surface area contributed by atoms with Crippen molar-refractivity contribution in [2.45, 2.75) is 102 Å². The molecule has 2 aliphatic heterocycles. The zero-order chi connectivity index (χ0) is 52.1. The number of hydrogen-bond acceptors (Lipinski definition) is 13. The van der Waals surface area contributed by atoms with Gasteiger partial charge in [-0.2, -0.15) is 21.9 Å². The second kappa shape index (κ2) is 23.0. The highest BCUT2D eigenvalue weighted by Gasteiger charge is 2.33. The van der Waals surface area contributed by atoms with E-state index >= 15 is 0 Å². The molecule has 74 heavy (non-hydrogen) atoms. The lowest BCUT2D eigenvalue weighted by Crippen LogP contribution is -2.46. The summed E-state index contributed by atoms with van der Waals surface area (Å²) in [6, 6.07) is 13.4. The van der Waals surface area contributed by atoms with Crippen LogP contribution in [0.5, 0.6) is 34.5 Å². The van der Waals surface area contributed by atoms with Gasteiger partial charge < -0.3 is 33.7 Å². The van der Waals surface area contributed by atoms with Crippen molar-refractivity contribution in [1.82, 2.24) is 28.4 Å². The standard InChI is InChI=1S/C27H31F2N3O6S.C26H29F2N3O4/c1-36-23-12-18(13-24(38-27(28)29)26(23)22(33)11-17-6-7-17)21-15-30-25-14-20(8-10-31(21)25)37-16-19-5-3-4-9-32(19)39(2,34)35;1-33-22-11-17(12-23(35-26(27)28)25(22)21(32)10-16-5-6-16)20-14-30-24-13-19(7-9-31(20)24)34-15-18-4-2-3-8-29-18/h8,10,12-15,17,19,27H,3-7,9,11,16H2,1-2H3;7,9,11-14,16,18,26,29H,2-6,8,10,15H2,1H3. The first-order chi connectivity index (χ1) is 35.6. The lowest BCUT2D eigenvalue weighted by atomic mass is 10.00. The van der Waals surface area contributed by atoms with Crippen LogP contribution in [0.15, 0.2) is 73.3 Å². The Labute approximate surface area is 426 Å². The fourth-order valence-electron chi connectivity index (χ4n) is 9.66. The number of rotatable bonds is 21. The molecule has 2 aromatic carbocycles. The summed E-state index contributed by atoms with van der Waals surface area (Å²) in [6.07, 6.45) is 18.4. The minimum atomic E-state index is -3.32. The number of nitrogens with zero attached hydrogens (tertiary/aromatic N) is 5. The molecule has 4 fully saturated rings.